The van der Waals surface area contributed by atoms with Crippen LogP contribution in [0.1, 0.15) is 37.1 Å². The Bertz CT molecular complexity index is 517. The molecule has 21 heavy (non-hydrogen) atoms. The summed E-state index contributed by atoms with van der Waals surface area (Å²) in [5.74, 6) is 1.04. The maximum absolute atomic E-state index is 5.77. The molecule has 2 heterocycles. The van der Waals surface area contributed by atoms with E-state index in [2.05, 4.69) is 53.5 Å². The van der Waals surface area contributed by atoms with Gasteiger partial charge in [0, 0.05) is 12.6 Å². The molecule has 1 aromatic carbocycles. The van der Waals surface area contributed by atoms with Gasteiger partial charge in [-0.2, -0.15) is 0 Å². The Morgan fingerprint density at radius 1 is 1.24 bits per heavy atom. The minimum atomic E-state index is 0.214. The zero-order chi connectivity index (χ0) is 14.5. The summed E-state index contributed by atoms with van der Waals surface area (Å²) in [7, 11) is 0. The number of nitrogens with zero attached hydrogens (tertiary/aromatic N) is 1. The van der Waals surface area contributed by atoms with Crippen LogP contribution in [0, 0.1) is 0 Å². The van der Waals surface area contributed by atoms with Crippen molar-refractivity contribution >= 4 is 0 Å². The van der Waals surface area contributed by atoms with Crippen LogP contribution in [0.15, 0.2) is 53.1 Å². The molecule has 2 unspecified atom stereocenters. The number of benzene rings is 1. The molecule has 1 aliphatic heterocycles. The number of nitrogens with one attached hydrogen (secondary N) is 1. The Kier molecular flexibility index (Phi) is 4.73. The largest absolute Gasteiger partial charge is 0.467 e. The second kappa shape index (κ2) is 6.92. The normalized spacial score (nSPS) is 20.0. The van der Waals surface area contributed by atoms with E-state index in [1.807, 2.05) is 6.07 Å². The van der Waals surface area contributed by atoms with E-state index in [1.165, 1.54) is 12.0 Å². The van der Waals surface area contributed by atoms with E-state index < -0.39 is 0 Å². The third-order valence-electron chi connectivity index (χ3n) is 4.24. The van der Waals surface area contributed by atoms with Crippen molar-refractivity contribution in [3.63, 3.8) is 0 Å². The third-order valence-corrected chi connectivity index (χ3v) is 4.24. The molecule has 0 aliphatic carbocycles. The second-order valence-electron chi connectivity index (χ2n) is 5.71. The maximum Gasteiger partial charge on any atom is 0.125 e. The van der Waals surface area contributed by atoms with Gasteiger partial charge in [-0.1, -0.05) is 37.3 Å². The van der Waals surface area contributed by atoms with Gasteiger partial charge < -0.3 is 9.73 Å². The van der Waals surface area contributed by atoms with Gasteiger partial charge in [0.25, 0.3) is 0 Å². The van der Waals surface area contributed by atoms with E-state index in [-0.39, 0.29) is 6.04 Å². The van der Waals surface area contributed by atoms with E-state index in [9.17, 15) is 0 Å². The van der Waals surface area contributed by atoms with Gasteiger partial charge >= 0.3 is 0 Å². The SMILES string of the molecule is CCCN(C1CCNC1)C(c1ccccc1)c1ccco1. The Labute approximate surface area is 127 Å². The van der Waals surface area contributed by atoms with Crippen LogP contribution in [0.3, 0.4) is 0 Å². The number of furan rings is 1. The molecule has 3 rings (SSSR count). The number of hydrogen-bond acceptors (Lipinski definition) is 3. The summed E-state index contributed by atoms with van der Waals surface area (Å²) in [6.45, 7) is 5.53. The van der Waals surface area contributed by atoms with E-state index in [1.54, 1.807) is 6.26 Å². The van der Waals surface area contributed by atoms with Gasteiger partial charge in [0.2, 0.25) is 0 Å². The van der Waals surface area contributed by atoms with Crippen LogP contribution in [0.2, 0.25) is 0 Å². The lowest BCUT2D eigenvalue weighted by atomic mass is 10.00. The Hall–Kier alpha value is -1.58. The Morgan fingerprint density at radius 3 is 2.71 bits per heavy atom. The molecule has 112 valence electrons. The van der Waals surface area contributed by atoms with Crippen molar-refractivity contribution in [3.05, 3.63) is 60.1 Å². The highest BCUT2D eigenvalue weighted by Crippen LogP contribution is 2.32. The molecule has 2 aromatic rings. The quantitative estimate of drug-likeness (QED) is 0.881. The predicted octanol–water partition coefficient (Wildman–Crippen LogP) is 3.44. The lowest BCUT2D eigenvalue weighted by molar-refractivity contribution is 0.150. The lowest BCUT2D eigenvalue weighted by Crippen LogP contribution is -2.40. The minimum absolute atomic E-state index is 0.214. The fourth-order valence-electron chi connectivity index (χ4n) is 3.30. The van der Waals surface area contributed by atoms with Gasteiger partial charge in [0.15, 0.2) is 0 Å². The molecule has 1 N–H and O–H groups in total. The van der Waals surface area contributed by atoms with Crippen LogP contribution in [-0.2, 0) is 0 Å². The topological polar surface area (TPSA) is 28.4 Å². The summed E-state index contributed by atoms with van der Waals surface area (Å²) < 4.78 is 5.77. The molecule has 2 atom stereocenters. The van der Waals surface area contributed by atoms with E-state index in [4.69, 9.17) is 4.42 Å². The van der Waals surface area contributed by atoms with Gasteiger partial charge in [-0.3, -0.25) is 4.90 Å². The molecule has 0 bridgehead atoms. The second-order valence-corrected chi connectivity index (χ2v) is 5.71. The summed E-state index contributed by atoms with van der Waals surface area (Å²) in [6.07, 6.45) is 4.15. The van der Waals surface area contributed by atoms with Gasteiger partial charge in [-0.25, -0.2) is 0 Å². The van der Waals surface area contributed by atoms with E-state index >= 15 is 0 Å². The Balaban J connectivity index is 1.96. The monoisotopic (exact) mass is 284 g/mol. The zero-order valence-corrected chi connectivity index (χ0v) is 12.7. The van der Waals surface area contributed by atoms with Crippen LogP contribution in [0.25, 0.3) is 0 Å². The van der Waals surface area contributed by atoms with Crippen molar-refractivity contribution in [3.8, 4) is 0 Å². The highest BCUT2D eigenvalue weighted by molar-refractivity contribution is 5.27. The average Bonchev–Trinajstić information content (AvgIpc) is 3.22. The minimum Gasteiger partial charge on any atom is -0.467 e. The standard InChI is InChI=1S/C18H24N2O/c1-2-12-20(16-10-11-19-14-16)18(17-9-6-13-21-17)15-7-4-3-5-8-15/h3-9,13,16,18-19H,2,10-12,14H2,1H3. The van der Waals surface area contributed by atoms with Crippen molar-refractivity contribution in [1.29, 1.82) is 0 Å². The van der Waals surface area contributed by atoms with Gasteiger partial charge in [0.05, 0.1) is 12.3 Å². The number of hydrogen-bond donors (Lipinski definition) is 1. The van der Waals surface area contributed by atoms with Crippen LogP contribution in [-0.4, -0.2) is 30.6 Å². The van der Waals surface area contributed by atoms with Crippen molar-refractivity contribution in [1.82, 2.24) is 10.2 Å². The molecule has 0 spiro atoms. The lowest BCUT2D eigenvalue weighted by Gasteiger charge is -2.35. The van der Waals surface area contributed by atoms with Gasteiger partial charge in [-0.05, 0) is 43.6 Å². The summed E-state index contributed by atoms with van der Waals surface area (Å²) >= 11 is 0. The molecule has 1 aliphatic rings. The molecule has 0 radical (unpaired) electrons. The maximum atomic E-state index is 5.77. The highest BCUT2D eigenvalue weighted by Gasteiger charge is 2.31. The molecule has 0 saturated carbocycles. The Morgan fingerprint density at radius 2 is 2.10 bits per heavy atom. The molecule has 1 aromatic heterocycles. The molecule has 1 fully saturated rings. The van der Waals surface area contributed by atoms with Crippen molar-refractivity contribution < 1.29 is 4.42 Å². The summed E-state index contributed by atoms with van der Waals surface area (Å²) in [4.78, 5) is 2.61. The first-order valence-corrected chi connectivity index (χ1v) is 7.95. The molecule has 3 nitrogen and oxygen atoms in total. The summed E-state index contributed by atoms with van der Waals surface area (Å²) in [5.41, 5.74) is 1.31. The van der Waals surface area contributed by atoms with Crippen molar-refractivity contribution in [2.45, 2.75) is 31.8 Å². The molecular weight excluding hydrogens is 260 g/mol. The molecule has 0 amide bonds. The van der Waals surface area contributed by atoms with E-state index in [0.717, 1.165) is 31.8 Å². The first-order chi connectivity index (χ1) is 10.4. The summed E-state index contributed by atoms with van der Waals surface area (Å²) in [6, 6.07) is 15.6. The van der Waals surface area contributed by atoms with Crippen LogP contribution >= 0.6 is 0 Å². The highest BCUT2D eigenvalue weighted by atomic mass is 16.3. The van der Waals surface area contributed by atoms with Crippen molar-refractivity contribution in [2.75, 3.05) is 19.6 Å². The third kappa shape index (κ3) is 3.20. The fraction of sp³-hybridized carbons (Fsp3) is 0.444. The van der Waals surface area contributed by atoms with Gasteiger partial charge in [0.1, 0.15) is 5.76 Å². The summed E-state index contributed by atoms with van der Waals surface area (Å²) in [5, 5.41) is 3.49. The van der Waals surface area contributed by atoms with Crippen LogP contribution in [0.5, 0.6) is 0 Å². The smallest absolute Gasteiger partial charge is 0.125 e. The fourth-order valence-corrected chi connectivity index (χ4v) is 3.30. The van der Waals surface area contributed by atoms with Crippen LogP contribution < -0.4 is 5.32 Å². The number of rotatable bonds is 6. The zero-order valence-electron chi connectivity index (χ0n) is 12.7. The molecule has 1 saturated heterocycles. The van der Waals surface area contributed by atoms with E-state index in [0.29, 0.717) is 6.04 Å². The first-order valence-electron chi connectivity index (χ1n) is 7.95. The first kappa shape index (κ1) is 14.4. The predicted molar refractivity (Wildman–Crippen MR) is 85.3 cm³/mol. The van der Waals surface area contributed by atoms with Gasteiger partial charge in [-0.15, -0.1) is 0 Å². The molecule has 3 heteroatoms. The van der Waals surface area contributed by atoms with Crippen LogP contribution in [0.4, 0.5) is 0 Å². The average molecular weight is 284 g/mol. The molecular formula is C18H24N2O. The van der Waals surface area contributed by atoms with Crippen molar-refractivity contribution in [2.24, 2.45) is 0 Å².